The highest BCUT2D eigenvalue weighted by molar-refractivity contribution is 14.1. The molecule has 1 aromatic carbocycles. The topological polar surface area (TPSA) is 72.2 Å². The monoisotopic (exact) mass is 392 g/mol. The van der Waals surface area contributed by atoms with E-state index in [0.717, 1.165) is 27.9 Å². The Morgan fingerprint density at radius 2 is 2.32 bits per heavy atom. The van der Waals surface area contributed by atoms with Gasteiger partial charge in [0.25, 0.3) is 11.6 Å². The van der Waals surface area contributed by atoms with Crippen LogP contribution in [0.4, 0.5) is 5.69 Å². The zero-order valence-electron chi connectivity index (χ0n) is 10.1. The molecule has 0 radical (unpaired) electrons. The molecule has 1 unspecified atom stereocenters. The second kappa shape index (κ2) is 6.56. The fourth-order valence-corrected chi connectivity index (χ4v) is 3.57. The average molecular weight is 392 g/mol. The number of halogens is 1. The summed E-state index contributed by atoms with van der Waals surface area (Å²) in [5, 5.41) is 13.7. The summed E-state index contributed by atoms with van der Waals surface area (Å²) in [6.07, 6.45) is 2.08. The summed E-state index contributed by atoms with van der Waals surface area (Å²) in [4.78, 5) is 22.4. The summed E-state index contributed by atoms with van der Waals surface area (Å²) < 4.78 is 0.726. The number of hydrogen-bond donors (Lipinski definition) is 1. The van der Waals surface area contributed by atoms with E-state index in [2.05, 4.69) is 5.32 Å². The number of non-ortho nitro benzene ring substituents is 1. The van der Waals surface area contributed by atoms with Crippen LogP contribution in [0, 0.1) is 13.7 Å². The molecule has 0 aromatic heterocycles. The molecule has 102 valence electrons. The molecule has 1 aromatic rings. The predicted molar refractivity (Wildman–Crippen MR) is 83.6 cm³/mol. The summed E-state index contributed by atoms with van der Waals surface area (Å²) >= 11 is 3.85. The second-order valence-electron chi connectivity index (χ2n) is 4.31. The number of nitro groups is 1. The van der Waals surface area contributed by atoms with Crippen LogP contribution in [0.25, 0.3) is 0 Å². The van der Waals surface area contributed by atoms with Crippen LogP contribution in [0.1, 0.15) is 23.2 Å². The predicted octanol–water partition coefficient (Wildman–Crippen LogP) is 2.82. The number of carbonyl (C=O) groups excluding carboxylic acids is 1. The first-order chi connectivity index (χ1) is 9.08. The molecule has 0 bridgehead atoms. The minimum Gasteiger partial charge on any atom is -0.348 e. The van der Waals surface area contributed by atoms with Crippen molar-refractivity contribution >= 4 is 45.9 Å². The molecule has 1 aliphatic rings. The third-order valence-corrected chi connectivity index (χ3v) is 5.06. The Morgan fingerprint density at radius 3 is 2.95 bits per heavy atom. The molecule has 0 saturated carbocycles. The second-order valence-corrected chi connectivity index (χ2v) is 6.62. The fraction of sp³-hybridized carbons (Fsp3) is 0.417. The first-order valence-corrected chi connectivity index (χ1v) is 8.14. The van der Waals surface area contributed by atoms with E-state index in [1.54, 1.807) is 6.07 Å². The van der Waals surface area contributed by atoms with Gasteiger partial charge in [-0.05, 0) is 47.3 Å². The van der Waals surface area contributed by atoms with Gasteiger partial charge in [-0.15, -0.1) is 0 Å². The fourth-order valence-electron chi connectivity index (χ4n) is 1.92. The lowest BCUT2D eigenvalue weighted by molar-refractivity contribution is -0.384. The van der Waals surface area contributed by atoms with Gasteiger partial charge in [0.2, 0.25) is 0 Å². The SMILES string of the molecule is O=C(NC1CCCSC1)c1cc([N+](=O)[O-])ccc1I. The number of hydrogen-bond acceptors (Lipinski definition) is 4. The standard InChI is InChI=1S/C12H13IN2O3S/c13-11-4-3-9(15(17)18)6-10(11)12(16)14-8-2-1-5-19-7-8/h3-4,6,8H,1-2,5,7H2,(H,14,16). The van der Waals surface area contributed by atoms with Crippen LogP contribution in [-0.2, 0) is 0 Å². The largest absolute Gasteiger partial charge is 0.348 e. The molecular weight excluding hydrogens is 379 g/mol. The Balaban J connectivity index is 2.13. The Labute approximate surface area is 128 Å². The first-order valence-electron chi connectivity index (χ1n) is 5.90. The molecular formula is C12H13IN2O3S. The van der Waals surface area contributed by atoms with Crippen molar-refractivity contribution in [2.24, 2.45) is 0 Å². The van der Waals surface area contributed by atoms with Gasteiger partial charge in [-0.25, -0.2) is 0 Å². The lowest BCUT2D eigenvalue weighted by Crippen LogP contribution is -2.38. The average Bonchev–Trinajstić information content (AvgIpc) is 2.40. The lowest BCUT2D eigenvalue weighted by Gasteiger charge is -2.22. The van der Waals surface area contributed by atoms with Crippen molar-refractivity contribution in [1.29, 1.82) is 0 Å². The lowest BCUT2D eigenvalue weighted by atomic mass is 10.1. The Hall–Kier alpha value is -0.830. The molecule has 1 atom stereocenters. The van der Waals surface area contributed by atoms with Crippen LogP contribution in [0.3, 0.4) is 0 Å². The maximum absolute atomic E-state index is 12.2. The Morgan fingerprint density at radius 1 is 1.53 bits per heavy atom. The number of nitro benzene ring substituents is 1. The van der Waals surface area contributed by atoms with Gasteiger partial charge in [-0.2, -0.15) is 11.8 Å². The van der Waals surface area contributed by atoms with E-state index in [1.807, 2.05) is 34.4 Å². The zero-order chi connectivity index (χ0) is 13.8. The third-order valence-electron chi connectivity index (χ3n) is 2.90. The third kappa shape index (κ3) is 3.82. The summed E-state index contributed by atoms with van der Waals surface area (Å²) in [6, 6.07) is 4.52. The van der Waals surface area contributed by atoms with Crippen molar-refractivity contribution in [3.8, 4) is 0 Å². The number of amides is 1. The van der Waals surface area contributed by atoms with Crippen molar-refractivity contribution in [2.45, 2.75) is 18.9 Å². The summed E-state index contributed by atoms with van der Waals surface area (Å²) in [5.74, 6) is 1.83. The maximum atomic E-state index is 12.2. The quantitative estimate of drug-likeness (QED) is 0.488. The molecule has 0 aliphatic carbocycles. The summed E-state index contributed by atoms with van der Waals surface area (Å²) in [5.41, 5.74) is 0.328. The van der Waals surface area contributed by atoms with E-state index in [9.17, 15) is 14.9 Å². The van der Waals surface area contributed by atoms with Crippen LogP contribution in [0.15, 0.2) is 18.2 Å². The molecule has 5 nitrogen and oxygen atoms in total. The van der Waals surface area contributed by atoms with Gasteiger partial charge in [0.15, 0.2) is 0 Å². The minimum atomic E-state index is -0.483. The van der Waals surface area contributed by atoms with Crippen LogP contribution >= 0.6 is 34.4 Å². The number of nitrogens with one attached hydrogen (secondary N) is 1. The summed E-state index contributed by atoms with van der Waals surface area (Å²) in [6.45, 7) is 0. The van der Waals surface area contributed by atoms with Gasteiger partial charge < -0.3 is 5.32 Å². The number of carbonyl (C=O) groups is 1. The van der Waals surface area contributed by atoms with E-state index in [4.69, 9.17) is 0 Å². The van der Waals surface area contributed by atoms with Crippen molar-refractivity contribution in [3.63, 3.8) is 0 Å². The summed E-state index contributed by atoms with van der Waals surface area (Å²) in [7, 11) is 0. The molecule has 1 aliphatic heterocycles. The van der Waals surface area contributed by atoms with E-state index in [1.165, 1.54) is 12.1 Å². The first kappa shape index (κ1) is 14.6. The molecule has 0 spiro atoms. The minimum absolute atomic E-state index is 0.0522. The van der Waals surface area contributed by atoms with Crippen LogP contribution in [0.2, 0.25) is 0 Å². The van der Waals surface area contributed by atoms with Crippen molar-refractivity contribution in [1.82, 2.24) is 5.32 Å². The van der Waals surface area contributed by atoms with Gasteiger partial charge in [-0.3, -0.25) is 14.9 Å². The molecule has 2 rings (SSSR count). The number of benzene rings is 1. The molecule has 1 saturated heterocycles. The van der Waals surface area contributed by atoms with Gasteiger partial charge in [-0.1, -0.05) is 0 Å². The molecule has 7 heteroatoms. The molecule has 19 heavy (non-hydrogen) atoms. The zero-order valence-corrected chi connectivity index (χ0v) is 13.1. The van der Waals surface area contributed by atoms with Crippen molar-refractivity contribution in [3.05, 3.63) is 37.4 Å². The van der Waals surface area contributed by atoms with Crippen LogP contribution in [-0.4, -0.2) is 28.4 Å². The highest BCUT2D eigenvalue weighted by atomic mass is 127. The van der Waals surface area contributed by atoms with Gasteiger partial charge in [0.05, 0.1) is 10.5 Å². The number of rotatable bonds is 3. The van der Waals surface area contributed by atoms with Gasteiger partial charge >= 0.3 is 0 Å². The van der Waals surface area contributed by atoms with Crippen LogP contribution in [0.5, 0.6) is 0 Å². The van der Waals surface area contributed by atoms with E-state index >= 15 is 0 Å². The molecule has 1 amide bonds. The highest BCUT2D eigenvalue weighted by Gasteiger charge is 2.20. The van der Waals surface area contributed by atoms with Crippen molar-refractivity contribution < 1.29 is 9.72 Å². The van der Waals surface area contributed by atoms with Crippen LogP contribution < -0.4 is 5.32 Å². The Bertz CT molecular complexity index is 504. The normalized spacial score (nSPS) is 18.9. The Kier molecular flexibility index (Phi) is 5.03. The van der Waals surface area contributed by atoms with Gasteiger partial charge in [0.1, 0.15) is 0 Å². The maximum Gasteiger partial charge on any atom is 0.270 e. The van der Waals surface area contributed by atoms with E-state index in [0.29, 0.717) is 5.56 Å². The van der Waals surface area contributed by atoms with Gasteiger partial charge in [0, 0.05) is 27.5 Å². The smallest absolute Gasteiger partial charge is 0.270 e. The van der Waals surface area contributed by atoms with E-state index in [-0.39, 0.29) is 17.6 Å². The molecule has 1 fully saturated rings. The number of thioether (sulfide) groups is 1. The highest BCUT2D eigenvalue weighted by Crippen LogP contribution is 2.21. The molecule has 1 N–H and O–H groups in total. The van der Waals surface area contributed by atoms with Crippen molar-refractivity contribution in [2.75, 3.05) is 11.5 Å². The number of nitrogens with zero attached hydrogens (tertiary/aromatic N) is 1. The molecule has 1 heterocycles. The van der Waals surface area contributed by atoms with E-state index < -0.39 is 4.92 Å².